The Morgan fingerprint density at radius 2 is 2.17 bits per heavy atom. The molecule has 18 heavy (non-hydrogen) atoms. The molecule has 0 aliphatic carbocycles. The van der Waals surface area contributed by atoms with Crippen molar-refractivity contribution in [1.29, 1.82) is 0 Å². The molecule has 2 nitrogen and oxygen atoms in total. The maximum atomic E-state index is 13.3. The number of benzene rings is 1. The fraction of sp³-hybridized carbons (Fsp3) is 0.231. The predicted molar refractivity (Wildman–Crippen MR) is 76.9 cm³/mol. The number of hydrazine groups is 1. The maximum Gasteiger partial charge on any atom is 0.123 e. The number of hydrogen-bond acceptors (Lipinski definition) is 3. The largest absolute Gasteiger partial charge is 0.271 e. The average molecular weight is 329 g/mol. The van der Waals surface area contributed by atoms with Crippen LogP contribution in [0.1, 0.15) is 22.0 Å². The van der Waals surface area contributed by atoms with Gasteiger partial charge in [0.15, 0.2) is 0 Å². The highest BCUT2D eigenvalue weighted by atomic mass is 79.9. The first-order valence-corrected chi connectivity index (χ1v) is 7.17. The lowest BCUT2D eigenvalue weighted by molar-refractivity contribution is 0.545. The van der Waals surface area contributed by atoms with Gasteiger partial charge in [0.1, 0.15) is 5.82 Å². The Labute approximate surface area is 118 Å². The van der Waals surface area contributed by atoms with Gasteiger partial charge < -0.3 is 0 Å². The molecule has 5 heteroatoms. The van der Waals surface area contributed by atoms with Gasteiger partial charge in [0.05, 0.1) is 9.83 Å². The van der Waals surface area contributed by atoms with Crippen molar-refractivity contribution >= 4 is 27.3 Å². The van der Waals surface area contributed by atoms with Crippen LogP contribution >= 0.6 is 27.3 Å². The van der Waals surface area contributed by atoms with Gasteiger partial charge in [-0.25, -0.2) is 4.39 Å². The molecule has 0 amide bonds. The van der Waals surface area contributed by atoms with Crippen molar-refractivity contribution in [3.8, 4) is 0 Å². The van der Waals surface area contributed by atoms with Gasteiger partial charge in [-0.05, 0) is 58.2 Å². The molecule has 0 aliphatic heterocycles. The second-order valence-corrected chi connectivity index (χ2v) is 6.68. The molecule has 1 aromatic carbocycles. The summed E-state index contributed by atoms with van der Waals surface area (Å²) in [6, 6.07) is 8.77. The van der Waals surface area contributed by atoms with Crippen LogP contribution in [0.25, 0.3) is 0 Å². The van der Waals surface area contributed by atoms with Crippen LogP contribution in [-0.2, 0) is 6.42 Å². The van der Waals surface area contributed by atoms with Gasteiger partial charge in [-0.2, -0.15) is 0 Å². The van der Waals surface area contributed by atoms with Gasteiger partial charge in [0.25, 0.3) is 0 Å². The van der Waals surface area contributed by atoms with Crippen LogP contribution in [0.4, 0.5) is 4.39 Å². The Morgan fingerprint density at radius 3 is 2.78 bits per heavy atom. The summed E-state index contributed by atoms with van der Waals surface area (Å²) in [7, 11) is 0. The van der Waals surface area contributed by atoms with Crippen molar-refractivity contribution in [2.75, 3.05) is 0 Å². The molecule has 0 saturated heterocycles. The van der Waals surface area contributed by atoms with Crippen LogP contribution in [0.5, 0.6) is 0 Å². The SMILES string of the molecule is Cc1ccc(F)cc1C(Cc1ccc(Br)s1)NN. The van der Waals surface area contributed by atoms with E-state index in [4.69, 9.17) is 5.84 Å². The van der Waals surface area contributed by atoms with Crippen molar-refractivity contribution < 1.29 is 4.39 Å². The highest BCUT2D eigenvalue weighted by Gasteiger charge is 2.14. The van der Waals surface area contributed by atoms with E-state index < -0.39 is 0 Å². The number of nitrogens with one attached hydrogen (secondary N) is 1. The van der Waals surface area contributed by atoms with Gasteiger partial charge in [-0.3, -0.25) is 11.3 Å². The van der Waals surface area contributed by atoms with E-state index in [1.54, 1.807) is 23.5 Å². The first-order valence-electron chi connectivity index (χ1n) is 5.56. The first-order chi connectivity index (χ1) is 8.60. The molecule has 0 spiro atoms. The predicted octanol–water partition coefficient (Wildman–Crippen LogP) is 3.71. The summed E-state index contributed by atoms with van der Waals surface area (Å²) < 4.78 is 14.4. The summed E-state index contributed by atoms with van der Waals surface area (Å²) >= 11 is 5.10. The topological polar surface area (TPSA) is 38.0 Å². The van der Waals surface area contributed by atoms with E-state index in [-0.39, 0.29) is 11.9 Å². The zero-order valence-electron chi connectivity index (χ0n) is 9.91. The van der Waals surface area contributed by atoms with Crippen LogP contribution in [0.3, 0.4) is 0 Å². The molecule has 0 radical (unpaired) electrons. The highest BCUT2D eigenvalue weighted by molar-refractivity contribution is 9.11. The number of rotatable bonds is 4. The van der Waals surface area contributed by atoms with Gasteiger partial charge in [-0.15, -0.1) is 11.3 Å². The monoisotopic (exact) mass is 328 g/mol. The molecule has 1 unspecified atom stereocenters. The third kappa shape index (κ3) is 3.17. The van der Waals surface area contributed by atoms with Crippen LogP contribution in [0, 0.1) is 12.7 Å². The third-order valence-electron chi connectivity index (χ3n) is 2.85. The van der Waals surface area contributed by atoms with Crippen LogP contribution in [0.15, 0.2) is 34.1 Å². The van der Waals surface area contributed by atoms with E-state index in [2.05, 4.69) is 21.4 Å². The molecular weight excluding hydrogens is 315 g/mol. The molecule has 0 bridgehead atoms. The lowest BCUT2D eigenvalue weighted by Gasteiger charge is -2.18. The van der Waals surface area contributed by atoms with E-state index >= 15 is 0 Å². The van der Waals surface area contributed by atoms with Crippen LogP contribution < -0.4 is 11.3 Å². The third-order valence-corrected chi connectivity index (χ3v) is 4.50. The smallest absolute Gasteiger partial charge is 0.123 e. The summed E-state index contributed by atoms with van der Waals surface area (Å²) in [4.78, 5) is 1.20. The van der Waals surface area contributed by atoms with Crippen molar-refractivity contribution in [2.45, 2.75) is 19.4 Å². The minimum Gasteiger partial charge on any atom is -0.271 e. The van der Waals surface area contributed by atoms with Crippen molar-refractivity contribution in [3.63, 3.8) is 0 Å². The molecule has 1 aromatic heterocycles. The van der Waals surface area contributed by atoms with Crippen molar-refractivity contribution in [1.82, 2.24) is 5.43 Å². The fourth-order valence-corrected chi connectivity index (χ4v) is 3.44. The van der Waals surface area contributed by atoms with Gasteiger partial charge in [0, 0.05) is 11.3 Å². The quantitative estimate of drug-likeness (QED) is 0.663. The summed E-state index contributed by atoms with van der Waals surface area (Å²) in [5.41, 5.74) is 4.71. The molecule has 0 aliphatic rings. The van der Waals surface area contributed by atoms with Gasteiger partial charge >= 0.3 is 0 Å². The lowest BCUT2D eigenvalue weighted by Crippen LogP contribution is -2.30. The van der Waals surface area contributed by atoms with Crippen LogP contribution in [0.2, 0.25) is 0 Å². The molecule has 1 heterocycles. The highest BCUT2D eigenvalue weighted by Crippen LogP contribution is 2.28. The Hall–Kier alpha value is -0.750. The summed E-state index contributed by atoms with van der Waals surface area (Å²) in [5, 5.41) is 0. The normalized spacial score (nSPS) is 12.7. The lowest BCUT2D eigenvalue weighted by atomic mass is 9.98. The number of aryl methyl sites for hydroxylation is 1. The molecule has 2 rings (SSSR count). The zero-order valence-corrected chi connectivity index (χ0v) is 12.3. The number of nitrogens with two attached hydrogens (primary N) is 1. The molecule has 0 saturated carbocycles. The number of hydrogen-bond donors (Lipinski definition) is 2. The number of halogens is 2. The van der Waals surface area contributed by atoms with Crippen molar-refractivity contribution in [3.05, 3.63) is 55.9 Å². The molecule has 3 N–H and O–H groups in total. The molecular formula is C13H14BrFN2S. The van der Waals surface area contributed by atoms with E-state index in [0.717, 1.165) is 21.3 Å². The van der Waals surface area contributed by atoms with Gasteiger partial charge in [-0.1, -0.05) is 6.07 Å². The van der Waals surface area contributed by atoms with E-state index in [0.29, 0.717) is 0 Å². The molecule has 96 valence electrons. The zero-order chi connectivity index (χ0) is 13.1. The van der Waals surface area contributed by atoms with Crippen molar-refractivity contribution in [2.24, 2.45) is 5.84 Å². The minimum atomic E-state index is -0.233. The average Bonchev–Trinajstić information content (AvgIpc) is 2.75. The maximum absolute atomic E-state index is 13.3. The second kappa shape index (κ2) is 5.93. The Balaban J connectivity index is 2.25. The van der Waals surface area contributed by atoms with E-state index in [1.807, 2.05) is 19.1 Å². The second-order valence-electron chi connectivity index (χ2n) is 4.13. The molecule has 0 fully saturated rings. The molecule has 2 aromatic rings. The van der Waals surface area contributed by atoms with E-state index in [1.165, 1.54) is 10.9 Å². The van der Waals surface area contributed by atoms with E-state index in [9.17, 15) is 4.39 Å². The number of thiophene rings is 1. The first kappa shape index (κ1) is 13.7. The summed E-state index contributed by atoms with van der Waals surface area (Å²) in [5.74, 6) is 5.37. The Kier molecular flexibility index (Phi) is 4.50. The summed E-state index contributed by atoms with van der Waals surface area (Å²) in [6.45, 7) is 1.96. The minimum absolute atomic E-state index is 0.0775. The standard InChI is InChI=1S/C13H14BrFN2S/c1-8-2-3-9(15)6-11(8)12(17-16)7-10-4-5-13(14)18-10/h2-6,12,17H,7,16H2,1H3. The molecule has 1 atom stereocenters. The Bertz CT molecular complexity index is 542. The van der Waals surface area contributed by atoms with Crippen LogP contribution in [-0.4, -0.2) is 0 Å². The Morgan fingerprint density at radius 1 is 1.39 bits per heavy atom. The van der Waals surface area contributed by atoms with Gasteiger partial charge in [0.2, 0.25) is 0 Å². The summed E-state index contributed by atoms with van der Waals surface area (Å²) in [6.07, 6.45) is 0.747. The fourth-order valence-electron chi connectivity index (χ4n) is 1.91.